The molecule has 4 aromatic rings. The number of likely N-dealkylation sites (tertiary alicyclic amines) is 1. The van der Waals surface area contributed by atoms with Crippen LogP contribution in [-0.4, -0.2) is 63.9 Å². The Balaban J connectivity index is 1.41. The first-order valence-corrected chi connectivity index (χ1v) is 13.5. The third-order valence-corrected chi connectivity index (χ3v) is 7.40. The molecule has 1 unspecified atom stereocenters. The molecule has 5 rings (SSSR count). The van der Waals surface area contributed by atoms with Crippen LogP contribution in [0.15, 0.2) is 53.3 Å². The summed E-state index contributed by atoms with van der Waals surface area (Å²) in [6.45, 7) is 7.03. The van der Waals surface area contributed by atoms with Crippen molar-refractivity contribution in [3.8, 4) is 11.4 Å². The van der Waals surface area contributed by atoms with E-state index in [-0.39, 0.29) is 47.2 Å². The van der Waals surface area contributed by atoms with Crippen LogP contribution in [0, 0.1) is 0 Å². The first kappa shape index (κ1) is 28.7. The van der Waals surface area contributed by atoms with Crippen LogP contribution in [0.25, 0.3) is 22.3 Å². The van der Waals surface area contributed by atoms with E-state index < -0.39 is 24.9 Å². The van der Waals surface area contributed by atoms with E-state index in [0.717, 1.165) is 4.57 Å². The molecule has 1 aliphatic rings. The van der Waals surface area contributed by atoms with Gasteiger partial charge >= 0.3 is 0 Å². The number of carbonyl (C=O) groups is 1. The number of amides is 1. The maximum absolute atomic E-state index is 15.0. The summed E-state index contributed by atoms with van der Waals surface area (Å²) in [7, 11) is 1.85. The summed E-state index contributed by atoms with van der Waals surface area (Å²) in [6, 6.07) is 9.12. The Labute approximate surface area is 235 Å². The molecule has 0 radical (unpaired) electrons. The number of halogens is 4. The molecule has 3 aromatic heterocycles. The summed E-state index contributed by atoms with van der Waals surface area (Å²) in [4.78, 5) is 14.6. The predicted octanol–water partition coefficient (Wildman–Crippen LogP) is 5.97. The standard InChI is InChI=1S/C29H34F4N6O2/c1-29(2,3)38-11-8-17(15-38)28(40)34-14-18-12-23(36-41-18)25-13-19-21(35-22-9-10-37(4)16-20(22)30)6-5-7-24(19)39(25)27(33)26(31)32/h5-8,11-13,15,20,22,26-27,35H,9-10,14,16H2,1-4H3,(H,34,40)/t20-,22+,27?/m0/s1. The number of aromatic nitrogens is 3. The van der Waals surface area contributed by atoms with Gasteiger partial charge in [0.05, 0.1) is 29.4 Å². The van der Waals surface area contributed by atoms with Gasteiger partial charge in [0.15, 0.2) is 5.76 Å². The number of hydrogen-bond acceptors (Lipinski definition) is 5. The minimum atomic E-state index is -3.30. The van der Waals surface area contributed by atoms with Gasteiger partial charge in [0, 0.05) is 48.2 Å². The molecule has 2 N–H and O–H groups in total. The summed E-state index contributed by atoms with van der Waals surface area (Å²) >= 11 is 0. The Bertz CT molecular complexity index is 1520. The topological polar surface area (TPSA) is 80.3 Å². The van der Waals surface area contributed by atoms with Crippen molar-refractivity contribution < 1.29 is 26.9 Å². The molecule has 1 amide bonds. The fraction of sp³-hybridized carbons (Fsp3) is 0.448. The Hall–Kier alpha value is -3.80. The summed E-state index contributed by atoms with van der Waals surface area (Å²) in [5, 5.41) is 10.4. The minimum absolute atomic E-state index is 0.0124. The van der Waals surface area contributed by atoms with Crippen LogP contribution in [0.3, 0.4) is 0 Å². The summed E-state index contributed by atoms with van der Waals surface area (Å²) in [5.74, 6) is -0.0600. The number of piperidine rings is 1. The lowest BCUT2D eigenvalue weighted by Gasteiger charge is -2.33. The number of rotatable bonds is 8. The molecule has 1 saturated heterocycles. The fourth-order valence-corrected chi connectivity index (χ4v) is 5.11. The Kier molecular flexibility index (Phi) is 7.87. The summed E-state index contributed by atoms with van der Waals surface area (Å²) in [5.41, 5.74) is 1.21. The highest BCUT2D eigenvalue weighted by molar-refractivity contribution is 5.96. The average molecular weight is 575 g/mol. The first-order chi connectivity index (χ1) is 19.4. The van der Waals surface area contributed by atoms with Crippen LogP contribution in [0.1, 0.15) is 49.6 Å². The van der Waals surface area contributed by atoms with Crippen LogP contribution in [0.5, 0.6) is 0 Å². The molecule has 0 spiro atoms. The molecule has 1 aliphatic heterocycles. The largest absolute Gasteiger partial charge is 0.379 e. The van der Waals surface area contributed by atoms with Crippen molar-refractivity contribution >= 4 is 22.5 Å². The van der Waals surface area contributed by atoms with E-state index in [9.17, 15) is 18.0 Å². The second kappa shape index (κ2) is 11.2. The molecule has 0 saturated carbocycles. The fourth-order valence-electron chi connectivity index (χ4n) is 5.11. The molecule has 220 valence electrons. The molecule has 1 fully saturated rings. The molecule has 8 nitrogen and oxygen atoms in total. The highest BCUT2D eigenvalue weighted by atomic mass is 19.3. The maximum Gasteiger partial charge on any atom is 0.288 e. The molecule has 4 heterocycles. The minimum Gasteiger partial charge on any atom is -0.379 e. The summed E-state index contributed by atoms with van der Waals surface area (Å²) < 4.78 is 65.3. The van der Waals surface area contributed by atoms with E-state index in [4.69, 9.17) is 4.52 Å². The van der Waals surface area contributed by atoms with Gasteiger partial charge in [-0.25, -0.2) is 17.6 Å². The van der Waals surface area contributed by atoms with Crippen molar-refractivity contribution in [2.45, 2.75) is 64.2 Å². The Morgan fingerprint density at radius 1 is 1.20 bits per heavy atom. The predicted molar refractivity (Wildman–Crippen MR) is 149 cm³/mol. The number of nitrogens with zero attached hydrogens (tertiary/aromatic N) is 4. The van der Waals surface area contributed by atoms with Crippen LogP contribution >= 0.6 is 0 Å². The quantitative estimate of drug-likeness (QED) is 0.254. The van der Waals surface area contributed by atoms with Gasteiger partial charge < -0.3 is 29.2 Å². The normalized spacial score (nSPS) is 19.1. The van der Waals surface area contributed by atoms with Gasteiger partial charge in [-0.05, 0) is 58.5 Å². The van der Waals surface area contributed by atoms with Gasteiger partial charge in [0.2, 0.25) is 6.30 Å². The van der Waals surface area contributed by atoms with Gasteiger partial charge in [-0.1, -0.05) is 11.2 Å². The second-order valence-electron chi connectivity index (χ2n) is 11.5. The van der Waals surface area contributed by atoms with Gasteiger partial charge in [0.1, 0.15) is 11.9 Å². The van der Waals surface area contributed by atoms with Crippen molar-refractivity contribution in [2.75, 3.05) is 25.5 Å². The van der Waals surface area contributed by atoms with Gasteiger partial charge in [-0.15, -0.1) is 0 Å². The van der Waals surface area contributed by atoms with Gasteiger partial charge in [-0.2, -0.15) is 0 Å². The highest BCUT2D eigenvalue weighted by Gasteiger charge is 2.30. The Morgan fingerprint density at radius 3 is 2.66 bits per heavy atom. The zero-order valence-electron chi connectivity index (χ0n) is 23.4. The van der Waals surface area contributed by atoms with Crippen molar-refractivity contribution in [3.63, 3.8) is 0 Å². The number of benzene rings is 1. The first-order valence-electron chi connectivity index (χ1n) is 13.5. The van der Waals surface area contributed by atoms with E-state index in [1.165, 1.54) is 12.1 Å². The average Bonchev–Trinajstić information content (AvgIpc) is 3.66. The van der Waals surface area contributed by atoms with E-state index in [0.29, 0.717) is 29.6 Å². The van der Waals surface area contributed by atoms with E-state index in [2.05, 4.69) is 15.8 Å². The third kappa shape index (κ3) is 5.97. The molecule has 12 heteroatoms. The number of hydrogen-bond donors (Lipinski definition) is 2. The van der Waals surface area contributed by atoms with Crippen LogP contribution < -0.4 is 10.6 Å². The van der Waals surface area contributed by atoms with Crippen LogP contribution in [0.4, 0.5) is 23.2 Å². The SMILES string of the molecule is CN1CC[C@@H](Nc2cccc3c2cc(-c2cc(CNC(=O)c4ccn(C(C)(C)C)c4)on2)n3C(F)C(F)F)[C@@H](F)C1. The highest BCUT2D eigenvalue weighted by Crippen LogP contribution is 2.38. The number of carbonyl (C=O) groups excluding carboxylic acids is 1. The van der Waals surface area contributed by atoms with Gasteiger partial charge in [-0.3, -0.25) is 4.79 Å². The van der Waals surface area contributed by atoms with Crippen molar-refractivity contribution in [1.82, 2.24) is 24.5 Å². The molecular weight excluding hydrogens is 540 g/mol. The number of fused-ring (bicyclic) bond motifs is 1. The van der Waals surface area contributed by atoms with Gasteiger partial charge in [0.25, 0.3) is 12.3 Å². The van der Waals surface area contributed by atoms with Crippen molar-refractivity contribution in [1.29, 1.82) is 0 Å². The van der Waals surface area contributed by atoms with E-state index in [1.54, 1.807) is 30.5 Å². The molecule has 1 aromatic carbocycles. The second-order valence-corrected chi connectivity index (χ2v) is 11.5. The number of alkyl halides is 4. The molecule has 0 aliphatic carbocycles. The molecule has 41 heavy (non-hydrogen) atoms. The smallest absolute Gasteiger partial charge is 0.288 e. The lowest BCUT2D eigenvalue weighted by molar-refractivity contribution is 0.0115. The lowest BCUT2D eigenvalue weighted by Crippen LogP contribution is -2.46. The monoisotopic (exact) mass is 574 g/mol. The number of anilines is 1. The third-order valence-electron chi connectivity index (χ3n) is 7.40. The zero-order chi connectivity index (χ0) is 29.5. The Morgan fingerprint density at radius 2 is 1.98 bits per heavy atom. The maximum atomic E-state index is 15.0. The van der Waals surface area contributed by atoms with Crippen LogP contribution in [-0.2, 0) is 12.1 Å². The van der Waals surface area contributed by atoms with E-state index in [1.807, 2.05) is 43.5 Å². The van der Waals surface area contributed by atoms with Crippen molar-refractivity contribution in [3.05, 3.63) is 60.1 Å². The molecule has 0 bridgehead atoms. The molecular formula is C29H34F4N6O2. The summed E-state index contributed by atoms with van der Waals surface area (Å²) in [6.07, 6.45) is -2.95. The lowest BCUT2D eigenvalue weighted by atomic mass is 10.0. The van der Waals surface area contributed by atoms with Crippen LogP contribution in [0.2, 0.25) is 0 Å². The van der Waals surface area contributed by atoms with Crippen molar-refractivity contribution in [2.24, 2.45) is 0 Å². The van der Waals surface area contributed by atoms with E-state index >= 15 is 4.39 Å². The molecule has 3 atom stereocenters. The number of nitrogens with one attached hydrogen (secondary N) is 2. The zero-order valence-corrected chi connectivity index (χ0v) is 23.4.